The van der Waals surface area contributed by atoms with Gasteiger partial charge < -0.3 is 0 Å². The van der Waals surface area contributed by atoms with Gasteiger partial charge in [-0.1, -0.05) is 26.0 Å². The molecule has 3 unspecified atom stereocenters. The molecule has 2 saturated carbocycles. The van der Waals surface area contributed by atoms with E-state index in [2.05, 4.69) is 20.4 Å². The molecular weight excluding hydrogens is 120 g/mol. The molecule has 2 rings (SSSR count). The number of rotatable bonds is 0. The maximum absolute atomic E-state index is 4.19. The minimum Gasteiger partial charge on any atom is -0.0990 e. The molecule has 0 aliphatic heterocycles. The molecule has 56 valence electrons. The van der Waals surface area contributed by atoms with Crippen LogP contribution < -0.4 is 0 Å². The second-order valence-corrected chi connectivity index (χ2v) is 4.38. The van der Waals surface area contributed by atoms with Crippen molar-refractivity contribution in [1.82, 2.24) is 0 Å². The largest absolute Gasteiger partial charge is 0.0990 e. The summed E-state index contributed by atoms with van der Waals surface area (Å²) in [5, 5.41) is 0. The Kier molecular flexibility index (Phi) is 1.07. The lowest BCUT2D eigenvalue weighted by Crippen LogP contribution is -2.15. The quantitative estimate of drug-likeness (QED) is 0.449. The summed E-state index contributed by atoms with van der Waals surface area (Å²) in [6, 6.07) is 0. The first kappa shape index (κ1) is 6.45. The van der Waals surface area contributed by atoms with Gasteiger partial charge in [0.15, 0.2) is 0 Å². The topological polar surface area (TPSA) is 0 Å². The zero-order chi connectivity index (χ0) is 7.35. The molecule has 0 N–H and O–H groups in total. The van der Waals surface area contributed by atoms with Crippen LogP contribution in [0.25, 0.3) is 0 Å². The van der Waals surface area contributed by atoms with E-state index in [-0.39, 0.29) is 0 Å². The first-order valence-electron chi connectivity index (χ1n) is 4.33. The highest BCUT2D eigenvalue weighted by atomic mass is 14.5. The lowest BCUT2D eigenvalue weighted by atomic mass is 9.78. The Labute approximate surface area is 63.3 Å². The second-order valence-electron chi connectivity index (χ2n) is 4.38. The molecule has 0 radical (unpaired) electrons. The third-order valence-corrected chi connectivity index (χ3v) is 3.81. The van der Waals surface area contributed by atoms with Gasteiger partial charge in [0.25, 0.3) is 0 Å². The van der Waals surface area contributed by atoms with Crippen molar-refractivity contribution in [2.45, 2.75) is 33.1 Å². The van der Waals surface area contributed by atoms with Crippen LogP contribution >= 0.6 is 0 Å². The van der Waals surface area contributed by atoms with Crippen LogP contribution in [-0.2, 0) is 0 Å². The van der Waals surface area contributed by atoms with Gasteiger partial charge in [-0.2, -0.15) is 0 Å². The van der Waals surface area contributed by atoms with E-state index in [9.17, 15) is 0 Å². The lowest BCUT2D eigenvalue weighted by molar-refractivity contribution is 0.392. The van der Waals surface area contributed by atoms with E-state index in [1.807, 2.05) is 0 Å². The summed E-state index contributed by atoms with van der Waals surface area (Å²) < 4.78 is 0. The van der Waals surface area contributed by atoms with Crippen LogP contribution in [0.5, 0.6) is 0 Å². The molecule has 2 aliphatic carbocycles. The molecule has 0 aromatic rings. The third kappa shape index (κ3) is 0.574. The Morgan fingerprint density at radius 1 is 1.60 bits per heavy atom. The van der Waals surface area contributed by atoms with Crippen molar-refractivity contribution in [2.75, 3.05) is 0 Å². The SMILES string of the molecule is C=C1C(C)C2CCC1(C)C2. The highest BCUT2D eigenvalue weighted by Gasteiger charge is 2.48. The molecule has 0 spiro atoms. The number of hydrogen-bond donors (Lipinski definition) is 0. The maximum Gasteiger partial charge on any atom is -0.0113 e. The maximum atomic E-state index is 4.19. The van der Waals surface area contributed by atoms with Gasteiger partial charge in [-0.3, -0.25) is 0 Å². The van der Waals surface area contributed by atoms with Crippen LogP contribution in [0.2, 0.25) is 0 Å². The molecule has 0 saturated heterocycles. The minimum absolute atomic E-state index is 0.546. The zero-order valence-electron chi connectivity index (χ0n) is 6.98. The zero-order valence-corrected chi connectivity index (χ0v) is 6.98. The summed E-state index contributed by atoms with van der Waals surface area (Å²) in [6.45, 7) is 8.92. The summed E-state index contributed by atoms with van der Waals surface area (Å²) >= 11 is 0. The van der Waals surface area contributed by atoms with E-state index < -0.39 is 0 Å². The Balaban J connectivity index is 2.34. The summed E-state index contributed by atoms with van der Waals surface area (Å²) in [6.07, 6.45) is 4.28. The van der Waals surface area contributed by atoms with Crippen LogP contribution in [0.15, 0.2) is 12.2 Å². The average Bonchev–Trinajstić information content (AvgIpc) is 2.35. The van der Waals surface area contributed by atoms with Crippen LogP contribution in [-0.4, -0.2) is 0 Å². The molecule has 0 amide bonds. The van der Waals surface area contributed by atoms with Crippen LogP contribution in [0.1, 0.15) is 33.1 Å². The second kappa shape index (κ2) is 1.66. The van der Waals surface area contributed by atoms with Gasteiger partial charge in [0.05, 0.1) is 0 Å². The van der Waals surface area contributed by atoms with Gasteiger partial charge in [0, 0.05) is 0 Å². The van der Waals surface area contributed by atoms with Crippen molar-refractivity contribution in [1.29, 1.82) is 0 Å². The fourth-order valence-corrected chi connectivity index (χ4v) is 2.84. The summed E-state index contributed by atoms with van der Waals surface area (Å²) in [4.78, 5) is 0. The van der Waals surface area contributed by atoms with Crippen molar-refractivity contribution in [3.63, 3.8) is 0 Å². The molecule has 2 fully saturated rings. The lowest BCUT2D eigenvalue weighted by Gasteiger charge is -2.27. The van der Waals surface area contributed by atoms with Crippen molar-refractivity contribution < 1.29 is 0 Å². The van der Waals surface area contributed by atoms with Crippen LogP contribution in [0, 0.1) is 17.3 Å². The van der Waals surface area contributed by atoms with E-state index >= 15 is 0 Å². The molecule has 0 nitrogen and oxygen atoms in total. The predicted octanol–water partition coefficient (Wildman–Crippen LogP) is 3.00. The normalized spacial score (nSPS) is 52.4. The molecule has 2 bridgehead atoms. The Morgan fingerprint density at radius 3 is 2.60 bits per heavy atom. The minimum atomic E-state index is 0.546. The number of fused-ring (bicyclic) bond motifs is 2. The number of hydrogen-bond acceptors (Lipinski definition) is 0. The summed E-state index contributed by atoms with van der Waals surface area (Å²) in [5.74, 6) is 1.80. The van der Waals surface area contributed by atoms with E-state index in [0.29, 0.717) is 5.41 Å². The molecule has 2 aliphatic rings. The Hall–Kier alpha value is -0.260. The first-order chi connectivity index (χ1) is 4.63. The van der Waals surface area contributed by atoms with E-state index in [1.165, 1.54) is 24.8 Å². The first-order valence-corrected chi connectivity index (χ1v) is 4.33. The van der Waals surface area contributed by atoms with Crippen LogP contribution in [0.3, 0.4) is 0 Å². The molecule has 0 aromatic heterocycles. The van der Waals surface area contributed by atoms with Gasteiger partial charge in [-0.25, -0.2) is 0 Å². The van der Waals surface area contributed by atoms with Gasteiger partial charge >= 0.3 is 0 Å². The van der Waals surface area contributed by atoms with Crippen molar-refractivity contribution in [3.8, 4) is 0 Å². The molecule has 10 heavy (non-hydrogen) atoms. The van der Waals surface area contributed by atoms with Gasteiger partial charge in [-0.15, -0.1) is 0 Å². The molecule has 3 atom stereocenters. The Morgan fingerprint density at radius 2 is 2.30 bits per heavy atom. The number of allylic oxidation sites excluding steroid dienone is 1. The van der Waals surface area contributed by atoms with E-state index in [4.69, 9.17) is 0 Å². The summed E-state index contributed by atoms with van der Waals surface area (Å²) in [5.41, 5.74) is 2.08. The molecule has 0 heteroatoms. The van der Waals surface area contributed by atoms with Crippen LogP contribution in [0.4, 0.5) is 0 Å². The monoisotopic (exact) mass is 136 g/mol. The standard InChI is InChI=1S/C10H16/c1-7-8(2)10(3)5-4-9(7)6-10/h7,9H,2,4-6H2,1,3H3. The van der Waals surface area contributed by atoms with Crippen molar-refractivity contribution in [3.05, 3.63) is 12.2 Å². The van der Waals surface area contributed by atoms with E-state index in [1.54, 1.807) is 0 Å². The van der Waals surface area contributed by atoms with E-state index in [0.717, 1.165) is 11.8 Å². The highest BCUT2D eigenvalue weighted by molar-refractivity contribution is 5.22. The van der Waals surface area contributed by atoms with Crippen molar-refractivity contribution in [2.24, 2.45) is 17.3 Å². The summed E-state index contributed by atoms with van der Waals surface area (Å²) in [7, 11) is 0. The van der Waals surface area contributed by atoms with Crippen molar-refractivity contribution >= 4 is 0 Å². The fraction of sp³-hybridized carbons (Fsp3) is 0.800. The predicted molar refractivity (Wildman–Crippen MR) is 43.8 cm³/mol. The highest BCUT2D eigenvalue weighted by Crippen LogP contribution is 2.59. The Bertz CT molecular complexity index is 180. The smallest absolute Gasteiger partial charge is 0.0113 e. The fourth-order valence-electron chi connectivity index (χ4n) is 2.84. The average molecular weight is 136 g/mol. The molecular formula is C10H16. The molecule has 0 aromatic carbocycles. The third-order valence-electron chi connectivity index (χ3n) is 3.81. The van der Waals surface area contributed by atoms with Gasteiger partial charge in [-0.05, 0) is 36.5 Å². The van der Waals surface area contributed by atoms with Gasteiger partial charge in [0.2, 0.25) is 0 Å². The molecule has 0 heterocycles. The van der Waals surface area contributed by atoms with Gasteiger partial charge in [0.1, 0.15) is 0 Å².